The Morgan fingerprint density at radius 2 is 1.81 bits per heavy atom. The summed E-state index contributed by atoms with van der Waals surface area (Å²) in [6.45, 7) is 7.66. The van der Waals surface area contributed by atoms with E-state index in [9.17, 15) is 4.79 Å². The van der Waals surface area contributed by atoms with Crippen molar-refractivity contribution in [3.63, 3.8) is 0 Å². The molecular weight excluding hydrogens is 336 g/mol. The number of hydrogen-bond donors (Lipinski definition) is 1. The molecule has 0 aliphatic carbocycles. The van der Waals surface area contributed by atoms with Crippen molar-refractivity contribution in [3.8, 4) is 5.75 Å². The van der Waals surface area contributed by atoms with E-state index in [2.05, 4.69) is 34.5 Å². The molecule has 1 fully saturated rings. The van der Waals surface area contributed by atoms with Crippen molar-refractivity contribution >= 4 is 5.91 Å². The molecule has 2 aromatic rings. The van der Waals surface area contributed by atoms with Crippen LogP contribution in [0.25, 0.3) is 0 Å². The average Bonchev–Trinajstić information content (AvgIpc) is 2.69. The van der Waals surface area contributed by atoms with Gasteiger partial charge in [-0.1, -0.05) is 48.9 Å². The summed E-state index contributed by atoms with van der Waals surface area (Å²) in [5.41, 5.74) is 3.47. The predicted molar refractivity (Wildman–Crippen MR) is 109 cm³/mol. The van der Waals surface area contributed by atoms with Gasteiger partial charge in [0.1, 0.15) is 5.75 Å². The van der Waals surface area contributed by atoms with Crippen LogP contribution >= 0.6 is 0 Å². The molecule has 1 saturated heterocycles. The number of likely N-dealkylation sites (tertiary alicyclic amines) is 1. The van der Waals surface area contributed by atoms with E-state index in [1.165, 1.54) is 37.9 Å². The highest BCUT2D eigenvalue weighted by molar-refractivity contribution is 5.80. The van der Waals surface area contributed by atoms with E-state index in [1.807, 2.05) is 31.2 Å². The fourth-order valence-electron chi connectivity index (χ4n) is 3.48. The van der Waals surface area contributed by atoms with Crippen LogP contribution in [-0.2, 0) is 17.9 Å². The Balaban J connectivity index is 1.50. The minimum atomic E-state index is -0.525. The second-order valence-corrected chi connectivity index (χ2v) is 7.40. The molecule has 1 heterocycles. The van der Waals surface area contributed by atoms with E-state index in [1.54, 1.807) is 6.92 Å². The van der Waals surface area contributed by atoms with Crippen molar-refractivity contribution in [1.29, 1.82) is 0 Å². The molecule has 4 nitrogen and oxygen atoms in total. The normalized spacial score (nSPS) is 15.9. The highest BCUT2D eigenvalue weighted by Crippen LogP contribution is 2.18. The molecule has 0 aromatic heterocycles. The van der Waals surface area contributed by atoms with Gasteiger partial charge in [-0.05, 0) is 62.5 Å². The Morgan fingerprint density at radius 1 is 1.07 bits per heavy atom. The summed E-state index contributed by atoms with van der Waals surface area (Å²) in [4.78, 5) is 14.9. The second kappa shape index (κ2) is 9.56. The Labute approximate surface area is 162 Å². The van der Waals surface area contributed by atoms with Crippen LogP contribution in [0.1, 0.15) is 42.9 Å². The Hall–Kier alpha value is -2.33. The maximum absolute atomic E-state index is 12.4. The topological polar surface area (TPSA) is 41.6 Å². The Kier molecular flexibility index (Phi) is 6.88. The van der Waals surface area contributed by atoms with Crippen LogP contribution < -0.4 is 10.1 Å². The van der Waals surface area contributed by atoms with Crippen LogP contribution in [0.2, 0.25) is 0 Å². The van der Waals surface area contributed by atoms with Crippen LogP contribution in [0.4, 0.5) is 0 Å². The van der Waals surface area contributed by atoms with Gasteiger partial charge in [-0.25, -0.2) is 0 Å². The molecule has 0 bridgehead atoms. The van der Waals surface area contributed by atoms with Crippen LogP contribution in [0.5, 0.6) is 5.75 Å². The minimum absolute atomic E-state index is 0.0975. The van der Waals surface area contributed by atoms with Crippen LogP contribution in [-0.4, -0.2) is 30.0 Å². The molecule has 0 saturated carbocycles. The number of aryl methyl sites for hydroxylation is 1. The summed E-state index contributed by atoms with van der Waals surface area (Å²) in [6, 6.07) is 16.3. The molecule has 4 heteroatoms. The number of carbonyl (C=O) groups excluding carboxylic acids is 1. The van der Waals surface area contributed by atoms with Gasteiger partial charge >= 0.3 is 0 Å². The number of benzene rings is 2. The van der Waals surface area contributed by atoms with E-state index in [4.69, 9.17) is 4.74 Å². The monoisotopic (exact) mass is 366 g/mol. The lowest BCUT2D eigenvalue weighted by molar-refractivity contribution is -0.127. The molecule has 1 aliphatic rings. The van der Waals surface area contributed by atoms with Gasteiger partial charge in [-0.15, -0.1) is 0 Å². The molecule has 0 unspecified atom stereocenters. The Morgan fingerprint density at radius 3 is 2.59 bits per heavy atom. The first-order valence-corrected chi connectivity index (χ1v) is 9.92. The van der Waals surface area contributed by atoms with Crippen molar-refractivity contribution in [1.82, 2.24) is 10.2 Å². The molecule has 27 heavy (non-hydrogen) atoms. The molecule has 1 N–H and O–H groups in total. The summed E-state index contributed by atoms with van der Waals surface area (Å²) in [5, 5.41) is 2.99. The quantitative estimate of drug-likeness (QED) is 0.803. The summed E-state index contributed by atoms with van der Waals surface area (Å²) < 4.78 is 5.80. The molecule has 3 rings (SSSR count). The van der Waals surface area contributed by atoms with Gasteiger partial charge < -0.3 is 10.1 Å². The first kappa shape index (κ1) is 19.4. The van der Waals surface area contributed by atoms with Gasteiger partial charge in [0.25, 0.3) is 5.91 Å². The van der Waals surface area contributed by atoms with Crippen LogP contribution in [0.3, 0.4) is 0 Å². The molecular formula is C23H30N2O2. The number of hydrogen-bond acceptors (Lipinski definition) is 3. The van der Waals surface area contributed by atoms with E-state index < -0.39 is 6.10 Å². The number of carbonyl (C=O) groups is 1. The van der Waals surface area contributed by atoms with Crippen molar-refractivity contribution in [2.75, 3.05) is 13.1 Å². The third-order valence-electron chi connectivity index (χ3n) is 5.08. The lowest BCUT2D eigenvalue weighted by Gasteiger charge is -2.26. The lowest BCUT2D eigenvalue weighted by atomic mass is 10.1. The number of amides is 1. The Bertz CT molecular complexity index is 754. The molecule has 0 radical (unpaired) electrons. The first-order valence-electron chi connectivity index (χ1n) is 9.92. The van der Waals surface area contributed by atoms with E-state index in [-0.39, 0.29) is 5.91 Å². The zero-order chi connectivity index (χ0) is 19.1. The van der Waals surface area contributed by atoms with Gasteiger partial charge in [0.05, 0.1) is 0 Å². The number of piperidine rings is 1. The third kappa shape index (κ3) is 5.83. The van der Waals surface area contributed by atoms with Gasteiger partial charge in [0.2, 0.25) is 0 Å². The highest BCUT2D eigenvalue weighted by Gasteiger charge is 2.15. The van der Waals surface area contributed by atoms with Crippen molar-refractivity contribution in [2.45, 2.75) is 52.3 Å². The van der Waals surface area contributed by atoms with E-state index >= 15 is 0 Å². The van der Waals surface area contributed by atoms with Gasteiger partial charge in [-0.2, -0.15) is 0 Å². The van der Waals surface area contributed by atoms with E-state index in [0.717, 1.165) is 23.4 Å². The largest absolute Gasteiger partial charge is 0.481 e. The van der Waals surface area contributed by atoms with Crippen LogP contribution in [0.15, 0.2) is 48.5 Å². The fraction of sp³-hybridized carbons (Fsp3) is 0.435. The van der Waals surface area contributed by atoms with Gasteiger partial charge in [0.15, 0.2) is 6.10 Å². The zero-order valence-electron chi connectivity index (χ0n) is 16.4. The standard InChI is InChI=1S/C23H30N2O2/c1-18-9-4-5-12-22(18)27-19(2)23(26)24-16-20-10-8-11-21(15-20)17-25-13-6-3-7-14-25/h4-5,8-12,15,19H,3,6-7,13-14,16-17H2,1-2H3,(H,24,26)/t19-/m1/s1. The number of para-hydroxylation sites is 1. The molecule has 1 atom stereocenters. The second-order valence-electron chi connectivity index (χ2n) is 7.40. The summed E-state index contributed by atoms with van der Waals surface area (Å²) in [5.74, 6) is 0.656. The molecule has 144 valence electrons. The number of ether oxygens (including phenoxy) is 1. The number of nitrogens with zero attached hydrogens (tertiary/aromatic N) is 1. The fourth-order valence-corrected chi connectivity index (χ4v) is 3.48. The smallest absolute Gasteiger partial charge is 0.261 e. The maximum atomic E-state index is 12.4. The molecule has 1 aliphatic heterocycles. The minimum Gasteiger partial charge on any atom is -0.481 e. The van der Waals surface area contributed by atoms with Crippen LogP contribution in [0, 0.1) is 6.92 Å². The van der Waals surface area contributed by atoms with Gasteiger partial charge in [-0.3, -0.25) is 9.69 Å². The zero-order valence-corrected chi connectivity index (χ0v) is 16.4. The molecule has 0 spiro atoms. The summed E-state index contributed by atoms with van der Waals surface area (Å²) in [7, 11) is 0. The summed E-state index contributed by atoms with van der Waals surface area (Å²) in [6.07, 6.45) is 3.43. The van der Waals surface area contributed by atoms with E-state index in [0.29, 0.717) is 6.54 Å². The number of nitrogens with one attached hydrogen (secondary N) is 1. The van der Waals surface area contributed by atoms with Crippen molar-refractivity contribution in [3.05, 3.63) is 65.2 Å². The number of rotatable bonds is 7. The van der Waals surface area contributed by atoms with Crippen molar-refractivity contribution < 1.29 is 9.53 Å². The predicted octanol–water partition coefficient (Wildman–Crippen LogP) is 4.06. The summed E-state index contributed by atoms with van der Waals surface area (Å²) >= 11 is 0. The first-order chi connectivity index (χ1) is 13.1. The highest BCUT2D eigenvalue weighted by atomic mass is 16.5. The van der Waals surface area contributed by atoms with Crippen molar-refractivity contribution in [2.24, 2.45) is 0 Å². The average molecular weight is 367 g/mol. The van der Waals surface area contributed by atoms with Gasteiger partial charge in [0, 0.05) is 13.1 Å². The third-order valence-corrected chi connectivity index (χ3v) is 5.08. The molecule has 2 aromatic carbocycles. The SMILES string of the molecule is Cc1ccccc1O[C@H](C)C(=O)NCc1cccc(CN2CCCCC2)c1. The maximum Gasteiger partial charge on any atom is 0.261 e. The molecule has 1 amide bonds. The lowest BCUT2D eigenvalue weighted by Crippen LogP contribution is -2.36.